The van der Waals surface area contributed by atoms with Crippen molar-refractivity contribution in [3.63, 3.8) is 0 Å². The molecule has 0 spiro atoms. The summed E-state index contributed by atoms with van der Waals surface area (Å²) in [6.45, 7) is 4.01. The van der Waals surface area contributed by atoms with Gasteiger partial charge in [0.1, 0.15) is 11.0 Å². The van der Waals surface area contributed by atoms with Crippen molar-refractivity contribution >= 4 is 21.4 Å². The van der Waals surface area contributed by atoms with Gasteiger partial charge in [0.2, 0.25) is 11.8 Å². The van der Waals surface area contributed by atoms with Crippen LogP contribution < -0.4 is 4.90 Å². The molecule has 0 fully saturated rings. The third kappa shape index (κ3) is 4.37. The molecule has 3 rings (SSSR count). The number of para-hydroxylation sites is 1. The van der Waals surface area contributed by atoms with Crippen LogP contribution in [-0.2, 0) is 33.2 Å². The summed E-state index contributed by atoms with van der Waals surface area (Å²) >= 11 is 0. The molecule has 7 nitrogen and oxygen atoms in total. The van der Waals surface area contributed by atoms with Crippen molar-refractivity contribution < 1.29 is 17.7 Å². The Hall–Kier alpha value is -2.22. The van der Waals surface area contributed by atoms with Gasteiger partial charge in [-0.1, -0.05) is 36.7 Å². The van der Waals surface area contributed by atoms with Gasteiger partial charge in [-0.15, -0.1) is 0 Å². The second-order valence-electron chi connectivity index (χ2n) is 6.88. The summed E-state index contributed by atoms with van der Waals surface area (Å²) in [5.74, 6) is -0.256. The van der Waals surface area contributed by atoms with Crippen LogP contribution in [-0.4, -0.2) is 36.3 Å². The van der Waals surface area contributed by atoms with Gasteiger partial charge < -0.3 is 9.42 Å². The molecule has 0 bridgehead atoms. The molecule has 0 aliphatic carbocycles. The van der Waals surface area contributed by atoms with Crippen molar-refractivity contribution in [3.8, 4) is 0 Å². The molecule has 1 aromatic carbocycles. The number of aryl methyl sites for hydroxylation is 2. The Kier molecular flexibility index (Phi) is 5.94. The highest BCUT2D eigenvalue weighted by atomic mass is 32.2. The first kappa shape index (κ1) is 19.5. The SMILES string of the molecule is CCCCc1nc(CS(=O)(=O)C(C)C(=O)N2CCCc3ccccc32)no1. The zero-order valence-electron chi connectivity index (χ0n) is 15.7. The average Bonchev–Trinajstić information content (AvgIpc) is 3.11. The topological polar surface area (TPSA) is 93.4 Å². The number of carbonyl (C=O) groups is 1. The van der Waals surface area contributed by atoms with Crippen LogP contribution in [0.3, 0.4) is 0 Å². The Labute approximate surface area is 159 Å². The van der Waals surface area contributed by atoms with E-state index in [1.807, 2.05) is 31.2 Å². The van der Waals surface area contributed by atoms with E-state index in [-0.39, 0.29) is 5.82 Å². The van der Waals surface area contributed by atoms with Crippen molar-refractivity contribution in [1.82, 2.24) is 10.1 Å². The van der Waals surface area contributed by atoms with E-state index in [2.05, 4.69) is 10.1 Å². The number of unbranched alkanes of at least 4 members (excludes halogenated alkanes) is 1. The maximum absolute atomic E-state index is 12.9. The molecular formula is C19H25N3O4S. The number of fused-ring (bicyclic) bond motifs is 1. The molecule has 1 atom stereocenters. The minimum absolute atomic E-state index is 0.111. The molecule has 2 aromatic rings. The largest absolute Gasteiger partial charge is 0.339 e. The lowest BCUT2D eigenvalue weighted by atomic mass is 10.0. The molecule has 1 aliphatic rings. The lowest BCUT2D eigenvalue weighted by molar-refractivity contribution is -0.118. The smallest absolute Gasteiger partial charge is 0.245 e. The highest BCUT2D eigenvalue weighted by molar-refractivity contribution is 7.92. The summed E-state index contributed by atoms with van der Waals surface area (Å²) in [6, 6.07) is 7.64. The van der Waals surface area contributed by atoms with Crippen LogP contribution in [0, 0.1) is 0 Å². The van der Waals surface area contributed by atoms with Crippen molar-refractivity contribution in [2.75, 3.05) is 11.4 Å². The van der Waals surface area contributed by atoms with Crippen LogP contribution in [0.5, 0.6) is 0 Å². The molecule has 27 heavy (non-hydrogen) atoms. The van der Waals surface area contributed by atoms with Gasteiger partial charge in [0.05, 0.1) is 0 Å². The summed E-state index contributed by atoms with van der Waals surface area (Å²) in [5.41, 5.74) is 1.87. The fourth-order valence-electron chi connectivity index (χ4n) is 3.22. The minimum atomic E-state index is -3.75. The van der Waals surface area contributed by atoms with Crippen LogP contribution in [0.1, 0.15) is 50.4 Å². The van der Waals surface area contributed by atoms with Gasteiger partial charge in [-0.3, -0.25) is 4.79 Å². The molecule has 1 unspecified atom stereocenters. The molecule has 8 heteroatoms. The fourth-order valence-corrected chi connectivity index (χ4v) is 4.38. The third-order valence-corrected chi connectivity index (χ3v) is 6.79. The van der Waals surface area contributed by atoms with Gasteiger partial charge in [-0.05, 0) is 37.8 Å². The van der Waals surface area contributed by atoms with Crippen LogP contribution >= 0.6 is 0 Å². The number of benzene rings is 1. The second-order valence-corrected chi connectivity index (χ2v) is 9.20. The van der Waals surface area contributed by atoms with Crippen LogP contribution in [0.25, 0.3) is 0 Å². The van der Waals surface area contributed by atoms with E-state index < -0.39 is 26.7 Å². The Morgan fingerprint density at radius 3 is 2.89 bits per heavy atom. The first-order valence-corrected chi connectivity index (χ1v) is 11.1. The number of nitrogens with zero attached hydrogens (tertiary/aromatic N) is 3. The molecule has 0 N–H and O–H groups in total. The summed E-state index contributed by atoms with van der Waals surface area (Å²) in [5, 5.41) is 2.59. The molecule has 0 saturated heterocycles. The van der Waals surface area contributed by atoms with E-state index in [0.29, 0.717) is 18.9 Å². The lowest BCUT2D eigenvalue weighted by Gasteiger charge is -2.31. The van der Waals surface area contributed by atoms with Gasteiger partial charge >= 0.3 is 0 Å². The number of carbonyl (C=O) groups excluding carboxylic acids is 1. The van der Waals surface area contributed by atoms with Crippen LogP contribution in [0.15, 0.2) is 28.8 Å². The summed E-state index contributed by atoms with van der Waals surface area (Å²) in [4.78, 5) is 18.7. The number of sulfone groups is 1. The highest BCUT2D eigenvalue weighted by Crippen LogP contribution is 2.28. The molecule has 2 heterocycles. The van der Waals surface area contributed by atoms with Gasteiger partial charge in [-0.25, -0.2) is 8.42 Å². The minimum Gasteiger partial charge on any atom is -0.339 e. The third-order valence-electron chi connectivity index (χ3n) is 4.85. The van der Waals surface area contributed by atoms with Crippen molar-refractivity contribution in [2.45, 2.75) is 57.0 Å². The lowest BCUT2D eigenvalue weighted by Crippen LogP contribution is -2.44. The molecule has 1 aliphatic heterocycles. The van der Waals surface area contributed by atoms with E-state index in [1.54, 1.807) is 4.90 Å². The number of anilines is 1. The quantitative estimate of drug-likeness (QED) is 0.720. The zero-order chi connectivity index (χ0) is 19.4. The van der Waals surface area contributed by atoms with E-state index in [4.69, 9.17) is 4.52 Å². The average molecular weight is 391 g/mol. The highest BCUT2D eigenvalue weighted by Gasteiger charge is 2.35. The number of hydrogen-bond donors (Lipinski definition) is 0. The summed E-state index contributed by atoms with van der Waals surface area (Å²) in [7, 11) is -3.75. The first-order chi connectivity index (χ1) is 12.9. The number of amides is 1. The van der Waals surface area contributed by atoms with Crippen molar-refractivity contribution in [3.05, 3.63) is 41.5 Å². The Morgan fingerprint density at radius 2 is 2.11 bits per heavy atom. The molecule has 0 saturated carbocycles. The zero-order valence-corrected chi connectivity index (χ0v) is 16.5. The fraction of sp³-hybridized carbons (Fsp3) is 0.526. The molecular weight excluding hydrogens is 366 g/mol. The van der Waals surface area contributed by atoms with Gasteiger partial charge in [0.15, 0.2) is 15.7 Å². The summed E-state index contributed by atoms with van der Waals surface area (Å²) in [6.07, 6.45) is 4.23. The first-order valence-electron chi connectivity index (χ1n) is 9.34. The van der Waals surface area contributed by atoms with E-state index in [1.165, 1.54) is 6.92 Å². The predicted molar refractivity (Wildman–Crippen MR) is 102 cm³/mol. The van der Waals surface area contributed by atoms with Crippen molar-refractivity contribution in [2.24, 2.45) is 0 Å². The molecule has 1 amide bonds. The number of hydrogen-bond acceptors (Lipinski definition) is 6. The Morgan fingerprint density at radius 1 is 1.33 bits per heavy atom. The second kappa shape index (κ2) is 8.21. The Bertz CT molecular complexity index is 907. The van der Waals surface area contributed by atoms with Gasteiger partial charge in [-0.2, -0.15) is 4.98 Å². The summed E-state index contributed by atoms with van der Waals surface area (Å²) < 4.78 is 30.6. The standard InChI is InChI=1S/C19H25N3O4S/c1-3-4-11-18-20-17(21-26-18)13-27(24,25)14(2)19(23)22-12-7-9-15-8-5-6-10-16(15)22/h5-6,8,10,14H,3-4,7,9,11-13H2,1-2H3. The monoisotopic (exact) mass is 391 g/mol. The molecule has 146 valence electrons. The van der Waals surface area contributed by atoms with Gasteiger partial charge in [0, 0.05) is 18.7 Å². The van der Waals surface area contributed by atoms with Gasteiger partial charge in [0.25, 0.3) is 0 Å². The number of rotatable bonds is 7. The predicted octanol–water partition coefficient (Wildman–Crippen LogP) is 2.69. The number of aromatic nitrogens is 2. The normalized spacial score (nSPS) is 15.4. The van der Waals surface area contributed by atoms with Crippen molar-refractivity contribution in [1.29, 1.82) is 0 Å². The maximum atomic E-state index is 12.9. The van der Waals surface area contributed by atoms with E-state index in [9.17, 15) is 13.2 Å². The van der Waals surface area contributed by atoms with Crippen LogP contribution in [0.2, 0.25) is 0 Å². The Balaban J connectivity index is 1.73. The van der Waals surface area contributed by atoms with E-state index >= 15 is 0 Å². The maximum Gasteiger partial charge on any atom is 0.245 e. The molecule has 0 radical (unpaired) electrons. The van der Waals surface area contributed by atoms with E-state index in [0.717, 1.165) is 36.9 Å². The van der Waals surface area contributed by atoms with Crippen LogP contribution in [0.4, 0.5) is 5.69 Å². The molecule has 1 aromatic heterocycles.